The molecule has 1 saturated carbocycles. The van der Waals surface area contributed by atoms with Crippen molar-refractivity contribution in [1.29, 1.82) is 0 Å². The Balaban J connectivity index is 2.10. The van der Waals surface area contributed by atoms with Crippen LogP contribution in [0.3, 0.4) is 0 Å². The van der Waals surface area contributed by atoms with Gasteiger partial charge in [0.25, 0.3) is 0 Å². The van der Waals surface area contributed by atoms with Crippen molar-refractivity contribution in [1.82, 2.24) is 5.32 Å². The topological polar surface area (TPSA) is 75.6 Å². The standard InChI is InChI=1S/C12H21NO4/c1-17-9-7-12(5-6-12)11(16)13-8-3-2-4-10(14)15/h2-9H2,1H3,(H,13,16)(H,14,15). The van der Waals surface area contributed by atoms with Crippen molar-refractivity contribution in [3.8, 4) is 0 Å². The molecule has 0 heterocycles. The van der Waals surface area contributed by atoms with Gasteiger partial charge in [-0.15, -0.1) is 0 Å². The molecule has 0 aromatic carbocycles. The predicted octanol–water partition coefficient (Wildman–Crippen LogP) is 1.17. The number of aliphatic carboxylic acids is 1. The number of hydrogen-bond acceptors (Lipinski definition) is 3. The molecule has 5 nitrogen and oxygen atoms in total. The maximum atomic E-state index is 11.8. The maximum Gasteiger partial charge on any atom is 0.303 e. The molecule has 0 aromatic rings. The van der Waals surface area contributed by atoms with E-state index in [1.807, 2.05) is 0 Å². The number of carbonyl (C=O) groups is 2. The first-order valence-electron chi connectivity index (χ1n) is 6.10. The molecule has 2 N–H and O–H groups in total. The van der Waals surface area contributed by atoms with Crippen molar-refractivity contribution in [2.24, 2.45) is 5.41 Å². The Bertz CT molecular complexity index is 274. The summed E-state index contributed by atoms with van der Waals surface area (Å²) in [5.41, 5.74) is -0.192. The van der Waals surface area contributed by atoms with Gasteiger partial charge in [0.2, 0.25) is 5.91 Å². The molecule has 0 saturated heterocycles. The first-order chi connectivity index (χ1) is 8.10. The van der Waals surface area contributed by atoms with Crippen LogP contribution in [0, 0.1) is 5.41 Å². The average Bonchev–Trinajstić information content (AvgIpc) is 3.06. The van der Waals surface area contributed by atoms with E-state index in [0.29, 0.717) is 19.6 Å². The Kier molecular flexibility index (Phi) is 5.41. The van der Waals surface area contributed by atoms with Crippen LogP contribution in [0.5, 0.6) is 0 Å². The minimum atomic E-state index is -0.782. The Labute approximate surface area is 102 Å². The van der Waals surface area contributed by atoms with Crippen molar-refractivity contribution in [2.75, 3.05) is 20.3 Å². The molecule has 0 radical (unpaired) electrons. The molecule has 5 heteroatoms. The summed E-state index contributed by atoms with van der Waals surface area (Å²) in [5, 5.41) is 11.3. The van der Waals surface area contributed by atoms with Gasteiger partial charge in [0.15, 0.2) is 0 Å². The zero-order chi connectivity index (χ0) is 12.7. The quantitative estimate of drug-likeness (QED) is 0.596. The highest BCUT2D eigenvalue weighted by atomic mass is 16.5. The Hall–Kier alpha value is -1.10. The number of hydrogen-bond donors (Lipinski definition) is 2. The van der Waals surface area contributed by atoms with Gasteiger partial charge in [-0.3, -0.25) is 9.59 Å². The third-order valence-corrected chi connectivity index (χ3v) is 3.22. The fourth-order valence-corrected chi connectivity index (χ4v) is 1.83. The largest absolute Gasteiger partial charge is 0.481 e. The zero-order valence-corrected chi connectivity index (χ0v) is 10.3. The highest BCUT2D eigenvalue weighted by molar-refractivity contribution is 5.85. The normalized spacial score (nSPS) is 16.5. The van der Waals surface area contributed by atoms with Crippen LogP contribution in [0.1, 0.15) is 38.5 Å². The van der Waals surface area contributed by atoms with Gasteiger partial charge in [0, 0.05) is 26.7 Å². The number of amides is 1. The van der Waals surface area contributed by atoms with Gasteiger partial charge >= 0.3 is 5.97 Å². The zero-order valence-electron chi connectivity index (χ0n) is 10.3. The van der Waals surface area contributed by atoms with Crippen LogP contribution >= 0.6 is 0 Å². The number of rotatable bonds is 9. The molecule has 1 amide bonds. The van der Waals surface area contributed by atoms with Gasteiger partial charge in [-0.1, -0.05) is 0 Å². The lowest BCUT2D eigenvalue weighted by Gasteiger charge is -2.14. The van der Waals surface area contributed by atoms with E-state index in [1.165, 1.54) is 0 Å². The second-order valence-electron chi connectivity index (χ2n) is 4.63. The van der Waals surface area contributed by atoms with E-state index in [4.69, 9.17) is 9.84 Å². The van der Waals surface area contributed by atoms with Crippen molar-refractivity contribution in [3.05, 3.63) is 0 Å². The van der Waals surface area contributed by atoms with Crippen LogP contribution in [0.4, 0.5) is 0 Å². The summed E-state index contributed by atoms with van der Waals surface area (Å²) in [7, 11) is 1.64. The van der Waals surface area contributed by atoms with E-state index >= 15 is 0 Å². The van der Waals surface area contributed by atoms with Crippen LogP contribution < -0.4 is 5.32 Å². The fourth-order valence-electron chi connectivity index (χ4n) is 1.83. The van der Waals surface area contributed by atoms with Gasteiger partial charge in [-0.05, 0) is 32.1 Å². The number of carboxylic acid groups (broad SMARTS) is 1. The van der Waals surface area contributed by atoms with Gasteiger partial charge in [0.1, 0.15) is 0 Å². The molecule has 0 spiro atoms. The lowest BCUT2D eigenvalue weighted by molar-refractivity contribution is -0.137. The third-order valence-electron chi connectivity index (χ3n) is 3.22. The molecule has 0 aliphatic heterocycles. The summed E-state index contributed by atoms with van der Waals surface area (Å²) in [6.07, 6.45) is 4.17. The lowest BCUT2D eigenvalue weighted by Crippen LogP contribution is -2.33. The third kappa shape index (κ3) is 4.73. The van der Waals surface area contributed by atoms with Crippen molar-refractivity contribution in [3.63, 3.8) is 0 Å². The highest BCUT2D eigenvalue weighted by Crippen LogP contribution is 2.48. The van der Waals surface area contributed by atoms with E-state index in [0.717, 1.165) is 25.7 Å². The monoisotopic (exact) mass is 243 g/mol. The van der Waals surface area contributed by atoms with E-state index in [2.05, 4.69) is 5.32 Å². The molecule has 0 bridgehead atoms. The molecule has 1 rings (SSSR count). The SMILES string of the molecule is COCCC1(C(=O)NCCCCC(=O)O)CC1. The Morgan fingerprint density at radius 3 is 2.59 bits per heavy atom. The maximum absolute atomic E-state index is 11.8. The minimum absolute atomic E-state index is 0.102. The molecule has 0 aromatic heterocycles. The minimum Gasteiger partial charge on any atom is -0.481 e. The van der Waals surface area contributed by atoms with E-state index in [1.54, 1.807) is 7.11 Å². The summed E-state index contributed by atoms with van der Waals surface area (Å²) >= 11 is 0. The van der Waals surface area contributed by atoms with Crippen molar-refractivity contribution < 1.29 is 19.4 Å². The molecule has 1 fully saturated rings. The second-order valence-corrected chi connectivity index (χ2v) is 4.63. The first-order valence-corrected chi connectivity index (χ1v) is 6.10. The molecule has 1 aliphatic rings. The number of carbonyl (C=O) groups excluding carboxylic acids is 1. The predicted molar refractivity (Wildman–Crippen MR) is 62.7 cm³/mol. The van der Waals surface area contributed by atoms with Crippen LogP contribution in [-0.2, 0) is 14.3 Å². The van der Waals surface area contributed by atoms with E-state index in [-0.39, 0.29) is 17.7 Å². The second kappa shape index (κ2) is 6.59. The molecular weight excluding hydrogens is 222 g/mol. The summed E-state index contributed by atoms with van der Waals surface area (Å²) in [6, 6.07) is 0. The smallest absolute Gasteiger partial charge is 0.303 e. The van der Waals surface area contributed by atoms with Crippen molar-refractivity contribution >= 4 is 11.9 Å². The number of carboxylic acids is 1. The highest BCUT2D eigenvalue weighted by Gasteiger charge is 2.48. The summed E-state index contributed by atoms with van der Waals surface area (Å²) < 4.78 is 4.99. The molecule has 17 heavy (non-hydrogen) atoms. The summed E-state index contributed by atoms with van der Waals surface area (Å²) in [6.45, 7) is 1.19. The molecule has 1 aliphatic carbocycles. The van der Waals surface area contributed by atoms with E-state index in [9.17, 15) is 9.59 Å². The Morgan fingerprint density at radius 2 is 2.06 bits per heavy atom. The van der Waals surface area contributed by atoms with Gasteiger partial charge in [-0.25, -0.2) is 0 Å². The van der Waals surface area contributed by atoms with Crippen LogP contribution in [-0.4, -0.2) is 37.2 Å². The van der Waals surface area contributed by atoms with E-state index < -0.39 is 5.97 Å². The summed E-state index contributed by atoms with van der Waals surface area (Å²) in [5.74, 6) is -0.681. The Morgan fingerprint density at radius 1 is 1.35 bits per heavy atom. The number of unbranched alkanes of at least 4 members (excludes halogenated alkanes) is 1. The van der Waals surface area contributed by atoms with Crippen LogP contribution in [0.2, 0.25) is 0 Å². The fraction of sp³-hybridized carbons (Fsp3) is 0.833. The molecule has 0 atom stereocenters. The number of nitrogens with one attached hydrogen (secondary N) is 1. The number of methoxy groups -OCH3 is 1. The molecule has 98 valence electrons. The van der Waals surface area contributed by atoms with Gasteiger partial charge in [-0.2, -0.15) is 0 Å². The van der Waals surface area contributed by atoms with Gasteiger partial charge in [0.05, 0.1) is 5.41 Å². The first kappa shape index (κ1) is 14.0. The van der Waals surface area contributed by atoms with Crippen molar-refractivity contribution in [2.45, 2.75) is 38.5 Å². The van der Waals surface area contributed by atoms with Crippen LogP contribution in [0.15, 0.2) is 0 Å². The van der Waals surface area contributed by atoms with Gasteiger partial charge < -0.3 is 15.2 Å². The summed E-state index contributed by atoms with van der Waals surface area (Å²) in [4.78, 5) is 22.1. The number of ether oxygens (including phenoxy) is 1. The average molecular weight is 243 g/mol. The molecule has 0 unspecified atom stereocenters. The van der Waals surface area contributed by atoms with Crippen LogP contribution in [0.25, 0.3) is 0 Å². The lowest BCUT2D eigenvalue weighted by atomic mass is 10.0. The molecular formula is C12H21NO4.